The number of nitrogens with one attached hydrogen (secondary N) is 2. The molecule has 0 atom stereocenters. The van der Waals surface area contributed by atoms with Crippen LogP contribution in [0.5, 0.6) is 0 Å². The summed E-state index contributed by atoms with van der Waals surface area (Å²) in [7, 11) is 0. The van der Waals surface area contributed by atoms with Gasteiger partial charge in [-0.3, -0.25) is 15.0 Å². The SMILES string of the molecule is CCN(C(=O)N1NNN(c2c(Cl)cccc2Cl)C1=O)c1cccc([N+](=O)[O-])c1. The third kappa shape index (κ3) is 3.58. The molecule has 1 aliphatic rings. The van der Waals surface area contributed by atoms with Crippen molar-refractivity contribution in [2.24, 2.45) is 0 Å². The molecule has 1 aliphatic heterocycles. The van der Waals surface area contributed by atoms with E-state index < -0.39 is 17.0 Å². The number of nitro groups is 1. The Hall–Kier alpha value is -2.92. The van der Waals surface area contributed by atoms with Crippen molar-refractivity contribution in [2.75, 3.05) is 16.5 Å². The summed E-state index contributed by atoms with van der Waals surface area (Å²) < 4.78 is 0. The summed E-state index contributed by atoms with van der Waals surface area (Å²) in [6.45, 7) is 1.84. The molecule has 4 amide bonds. The summed E-state index contributed by atoms with van der Waals surface area (Å²) in [6, 6.07) is 8.73. The molecule has 0 radical (unpaired) electrons. The molecule has 2 aromatic carbocycles. The van der Waals surface area contributed by atoms with E-state index in [2.05, 4.69) is 11.1 Å². The fourth-order valence-electron chi connectivity index (χ4n) is 2.60. The van der Waals surface area contributed by atoms with Crippen LogP contribution in [0.1, 0.15) is 6.92 Å². The molecular formula is C16H14Cl2N6O4. The number of nitrogens with zero attached hydrogens (tertiary/aromatic N) is 4. The maximum atomic E-state index is 12.9. The van der Waals surface area contributed by atoms with Crippen LogP contribution in [0.4, 0.5) is 26.7 Å². The lowest BCUT2D eigenvalue weighted by atomic mass is 10.2. The van der Waals surface area contributed by atoms with Crippen molar-refractivity contribution in [3.63, 3.8) is 0 Å². The lowest BCUT2D eigenvalue weighted by molar-refractivity contribution is -0.384. The standard InChI is InChI=1S/C16H14Cl2N6O4/c1-2-21(10-5-3-6-11(9-10)24(27)28)15(25)23-16(26)22(19-20-23)14-12(17)7-4-8-13(14)18/h3-9,19-20H,2H2,1H3. The molecule has 0 bridgehead atoms. The molecule has 3 rings (SSSR count). The van der Waals surface area contributed by atoms with Crippen LogP contribution in [-0.4, -0.2) is 28.5 Å². The predicted octanol–water partition coefficient (Wildman–Crippen LogP) is 3.71. The fourth-order valence-corrected chi connectivity index (χ4v) is 3.17. The summed E-state index contributed by atoms with van der Waals surface area (Å²) in [5, 5.41) is 13.1. The van der Waals surface area contributed by atoms with Crippen molar-refractivity contribution < 1.29 is 14.5 Å². The molecule has 1 saturated heterocycles. The van der Waals surface area contributed by atoms with Crippen LogP contribution in [0.3, 0.4) is 0 Å². The Morgan fingerprint density at radius 1 is 1.18 bits per heavy atom. The van der Waals surface area contributed by atoms with Crippen molar-refractivity contribution in [1.82, 2.24) is 16.1 Å². The second-order valence-electron chi connectivity index (χ2n) is 5.55. The number of nitro benzene ring substituents is 1. The summed E-state index contributed by atoms with van der Waals surface area (Å²) in [5.74, 6) is 0. The van der Waals surface area contributed by atoms with Crippen LogP contribution in [0.15, 0.2) is 42.5 Å². The minimum atomic E-state index is -0.774. The van der Waals surface area contributed by atoms with E-state index in [9.17, 15) is 19.7 Å². The number of hydrazine groups is 3. The number of urea groups is 2. The molecule has 10 nitrogen and oxygen atoms in total. The maximum Gasteiger partial charge on any atom is 0.364 e. The van der Waals surface area contributed by atoms with Gasteiger partial charge >= 0.3 is 12.1 Å². The zero-order valence-corrected chi connectivity index (χ0v) is 15.9. The van der Waals surface area contributed by atoms with Crippen LogP contribution in [-0.2, 0) is 0 Å². The van der Waals surface area contributed by atoms with Crippen molar-refractivity contribution >= 4 is 52.3 Å². The first kappa shape index (κ1) is 19.8. The molecule has 146 valence electrons. The topological polar surface area (TPSA) is 111 Å². The zero-order valence-electron chi connectivity index (χ0n) is 14.4. The molecule has 2 aromatic rings. The Kier molecular flexibility index (Phi) is 5.66. The van der Waals surface area contributed by atoms with Crippen molar-refractivity contribution in [3.8, 4) is 0 Å². The van der Waals surface area contributed by atoms with Crippen LogP contribution in [0.2, 0.25) is 10.0 Å². The zero-order chi connectivity index (χ0) is 20.4. The van der Waals surface area contributed by atoms with Gasteiger partial charge in [0.05, 0.1) is 20.7 Å². The highest BCUT2D eigenvalue weighted by Crippen LogP contribution is 2.34. The summed E-state index contributed by atoms with van der Waals surface area (Å²) in [6.07, 6.45) is 0. The highest BCUT2D eigenvalue weighted by Gasteiger charge is 2.38. The van der Waals surface area contributed by atoms with Gasteiger partial charge in [-0.25, -0.2) is 14.6 Å². The molecule has 0 unspecified atom stereocenters. The van der Waals surface area contributed by atoms with Crippen LogP contribution in [0.25, 0.3) is 0 Å². The normalized spacial score (nSPS) is 13.8. The maximum absolute atomic E-state index is 12.9. The van der Waals surface area contributed by atoms with E-state index in [4.69, 9.17) is 23.2 Å². The third-order valence-electron chi connectivity index (χ3n) is 3.91. The fraction of sp³-hybridized carbons (Fsp3) is 0.125. The number of hydrogen-bond acceptors (Lipinski definition) is 6. The lowest BCUT2D eigenvalue weighted by Crippen LogP contribution is -2.49. The minimum Gasteiger partial charge on any atom is -0.293 e. The number of carbonyl (C=O) groups is 2. The Balaban J connectivity index is 1.87. The number of para-hydroxylation sites is 1. The quantitative estimate of drug-likeness (QED) is 0.571. The van der Waals surface area contributed by atoms with Gasteiger partial charge in [0, 0.05) is 18.7 Å². The number of anilines is 2. The number of benzene rings is 2. The van der Waals surface area contributed by atoms with E-state index in [0.717, 1.165) is 5.01 Å². The highest BCUT2D eigenvalue weighted by atomic mass is 35.5. The molecule has 0 spiro atoms. The van der Waals surface area contributed by atoms with Crippen LogP contribution < -0.4 is 21.0 Å². The molecule has 1 fully saturated rings. The van der Waals surface area contributed by atoms with Gasteiger partial charge in [0.15, 0.2) is 0 Å². The number of rotatable bonds is 4. The van der Waals surface area contributed by atoms with Gasteiger partial charge in [-0.05, 0) is 25.1 Å². The lowest BCUT2D eigenvalue weighted by Gasteiger charge is -2.24. The highest BCUT2D eigenvalue weighted by molar-refractivity contribution is 6.40. The first-order valence-electron chi connectivity index (χ1n) is 8.00. The molecule has 1 heterocycles. The number of imide groups is 1. The second-order valence-corrected chi connectivity index (χ2v) is 6.37. The Morgan fingerprint density at radius 3 is 2.43 bits per heavy atom. The third-order valence-corrected chi connectivity index (χ3v) is 4.52. The predicted molar refractivity (Wildman–Crippen MR) is 104 cm³/mol. The summed E-state index contributed by atoms with van der Waals surface area (Å²) in [5.41, 5.74) is 5.25. The largest absolute Gasteiger partial charge is 0.364 e. The van der Waals surface area contributed by atoms with Gasteiger partial charge in [0.1, 0.15) is 5.69 Å². The Morgan fingerprint density at radius 2 is 1.82 bits per heavy atom. The number of carbonyl (C=O) groups excluding carboxylic acids is 2. The molecule has 28 heavy (non-hydrogen) atoms. The number of non-ortho nitro benzene ring substituents is 1. The molecule has 0 saturated carbocycles. The van der Waals surface area contributed by atoms with Gasteiger partial charge in [-0.2, -0.15) is 5.01 Å². The average Bonchev–Trinajstić information content (AvgIpc) is 3.03. The van der Waals surface area contributed by atoms with E-state index in [-0.39, 0.29) is 33.7 Å². The number of hydrogen-bond donors (Lipinski definition) is 2. The molecule has 0 aliphatic carbocycles. The smallest absolute Gasteiger partial charge is 0.293 e. The first-order valence-corrected chi connectivity index (χ1v) is 8.76. The number of halogens is 2. The van der Waals surface area contributed by atoms with Gasteiger partial charge in [-0.15, -0.1) is 11.1 Å². The van der Waals surface area contributed by atoms with E-state index >= 15 is 0 Å². The van der Waals surface area contributed by atoms with Crippen molar-refractivity contribution in [1.29, 1.82) is 0 Å². The monoisotopic (exact) mass is 424 g/mol. The van der Waals surface area contributed by atoms with Gasteiger partial charge < -0.3 is 0 Å². The second kappa shape index (κ2) is 7.98. The van der Waals surface area contributed by atoms with Crippen molar-refractivity contribution in [3.05, 3.63) is 62.6 Å². The van der Waals surface area contributed by atoms with Crippen LogP contribution >= 0.6 is 23.2 Å². The molecule has 0 aromatic heterocycles. The van der Waals surface area contributed by atoms with E-state index in [0.29, 0.717) is 5.01 Å². The molecular weight excluding hydrogens is 411 g/mol. The van der Waals surface area contributed by atoms with E-state index in [1.165, 1.54) is 29.2 Å². The minimum absolute atomic E-state index is 0.165. The van der Waals surface area contributed by atoms with Crippen LogP contribution in [0, 0.1) is 10.1 Å². The van der Waals surface area contributed by atoms with E-state index in [1.54, 1.807) is 25.1 Å². The van der Waals surface area contributed by atoms with Gasteiger partial charge in [0.25, 0.3) is 5.69 Å². The van der Waals surface area contributed by atoms with E-state index in [1.807, 2.05) is 0 Å². The molecule has 12 heteroatoms. The van der Waals surface area contributed by atoms with Gasteiger partial charge in [0.2, 0.25) is 0 Å². The first-order chi connectivity index (χ1) is 13.3. The number of amides is 4. The van der Waals surface area contributed by atoms with Crippen molar-refractivity contribution in [2.45, 2.75) is 6.92 Å². The summed E-state index contributed by atoms with van der Waals surface area (Å²) in [4.78, 5) is 37.2. The summed E-state index contributed by atoms with van der Waals surface area (Å²) >= 11 is 12.2. The average molecular weight is 425 g/mol. The Bertz CT molecular complexity index is 936. The Labute approximate surface area is 169 Å². The van der Waals surface area contributed by atoms with Gasteiger partial charge in [-0.1, -0.05) is 35.3 Å². The molecule has 2 N–H and O–H groups in total.